The number of anilines is 3. The number of nitrogens with one attached hydrogen (secondary N) is 2. The van der Waals surface area contributed by atoms with Crippen LogP contribution in [0.1, 0.15) is 10.4 Å². The molecule has 0 aliphatic carbocycles. The van der Waals surface area contributed by atoms with Gasteiger partial charge in [-0.05, 0) is 30.3 Å². The maximum Gasteiger partial charge on any atom is 0.256 e. The highest BCUT2D eigenvalue weighted by molar-refractivity contribution is 6.03. The van der Waals surface area contributed by atoms with Gasteiger partial charge in [-0.3, -0.25) is 4.79 Å². The molecule has 150 valence electrons. The first kappa shape index (κ1) is 19.9. The predicted molar refractivity (Wildman–Crippen MR) is 106 cm³/mol. The Balaban J connectivity index is 1.73. The van der Waals surface area contributed by atoms with Crippen molar-refractivity contribution in [1.82, 2.24) is 10.2 Å². The molecule has 2 N–H and O–H groups in total. The first-order valence-corrected chi connectivity index (χ1v) is 8.51. The van der Waals surface area contributed by atoms with Gasteiger partial charge in [-0.2, -0.15) is 0 Å². The van der Waals surface area contributed by atoms with E-state index >= 15 is 0 Å². The monoisotopic (exact) mass is 398 g/mol. The van der Waals surface area contributed by atoms with Gasteiger partial charge in [0.05, 0.1) is 21.3 Å². The molecule has 8 nitrogen and oxygen atoms in total. The van der Waals surface area contributed by atoms with E-state index in [1.165, 1.54) is 39.5 Å². The molecule has 0 aliphatic heterocycles. The molecule has 0 saturated carbocycles. The van der Waals surface area contributed by atoms with Crippen molar-refractivity contribution in [2.24, 2.45) is 0 Å². The Kier molecular flexibility index (Phi) is 6.08. The average Bonchev–Trinajstić information content (AvgIpc) is 2.74. The molecule has 0 radical (unpaired) electrons. The van der Waals surface area contributed by atoms with E-state index in [0.717, 1.165) is 6.07 Å². The van der Waals surface area contributed by atoms with Crippen molar-refractivity contribution in [3.8, 4) is 17.2 Å². The van der Waals surface area contributed by atoms with Crippen LogP contribution in [0.5, 0.6) is 17.2 Å². The molecule has 0 saturated heterocycles. The Morgan fingerprint density at radius 1 is 0.897 bits per heavy atom. The second-order valence-corrected chi connectivity index (χ2v) is 5.81. The Hall–Kier alpha value is -3.88. The van der Waals surface area contributed by atoms with Gasteiger partial charge in [0.1, 0.15) is 5.82 Å². The summed E-state index contributed by atoms with van der Waals surface area (Å²) in [5.41, 5.74) is 0.830. The molecule has 1 amide bonds. The van der Waals surface area contributed by atoms with E-state index in [0.29, 0.717) is 28.8 Å². The van der Waals surface area contributed by atoms with Crippen molar-refractivity contribution in [3.05, 3.63) is 59.9 Å². The molecule has 3 aromatic rings. The summed E-state index contributed by atoms with van der Waals surface area (Å²) in [6.07, 6.45) is 0. The number of amides is 1. The third-order valence-corrected chi connectivity index (χ3v) is 3.93. The standard InChI is InChI=1S/C20H19FN4O4/c1-27-15-10-14(11-16(28-2)19(15)29-3)22-17-7-8-18(25-24-17)23-20(26)12-5-4-6-13(21)9-12/h4-11H,1-3H3,(H,22,24)(H,23,25,26). The predicted octanol–water partition coefficient (Wildman–Crippen LogP) is 3.64. The smallest absolute Gasteiger partial charge is 0.256 e. The third kappa shape index (κ3) is 4.70. The molecule has 1 aromatic heterocycles. The van der Waals surface area contributed by atoms with E-state index in [9.17, 15) is 9.18 Å². The molecule has 9 heteroatoms. The fraction of sp³-hybridized carbons (Fsp3) is 0.150. The van der Waals surface area contributed by atoms with E-state index in [2.05, 4.69) is 20.8 Å². The topological polar surface area (TPSA) is 94.6 Å². The van der Waals surface area contributed by atoms with Gasteiger partial charge >= 0.3 is 0 Å². The molecule has 0 aliphatic rings. The lowest BCUT2D eigenvalue weighted by atomic mass is 10.2. The zero-order valence-electron chi connectivity index (χ0n) is 16.0. The molecule has 2 aromatic carbocycles. The first-order chi connectivity index (χ1) is 14.0. The molecule has 29 heavy (non-hydrogen) atoms. The molecular formula is C20H19FN4O4. The maximum absolute atomic E-state index is 13.2. The maximum atomic E-state index is 13.2. The lowest BCUT2D eigenvalue weighted by molar-refractivity contribution is 0.102. The number of nitrogens with zero attached hydrogens (tertiary/aromatic N) is 2. The highest BCUT2D eigenvalue weighted by atomic mass is 19.1. The minimum absolute atomic E-state index is 0.187. The number of methoxy groups -OCH3 is 3. The number of rotatable bonds is 7. The van der Waals surface area contributed by atoms with Gasteiger partial charge in [-0.15, -0.1) is 10.2 Å². The summed E-state index contributed by atoms with van der Waals surface area (Å²) in [5.74, 6) is 1.14. The van der Waals surface area contributed by atoms with Crippen LogP contribution in [-0.4, -0.2) is 37.4 Å². The van der Waals surface area contributed by atoms with Crippen LogP contribution in [0.3, 0.4) is 0 Å². The second kappa shape index (κ2) is 8.87. The quantitative estimate of drug-likeness (QED) is 0.627. The number of aromatic nitrogens is 2. The van der Waals surface area contributed by atoms with Gasteiger partial charge in [0, 0.05) is 23.4 Å². The average molecular weight is 398 g/mol. The van der Waals surface area contributed by atoms with Crippen molar-refractivity contribution >= 4 is 23.2 Å². The van der Waals surface area contributed by atoms with Crippen molar-refractivity contribution in [1.29, 1.82) is 0 Å². The molecule has 0 unspecified atom stereocenters. The number of hydrogen-bond acceptors (Lipinski definition) is 7. The molecule has 0 bridgehead atoms. The van der Waals surface area contributed by atoms with Crippen molar-refractivity contribution in [2.75, 3.05) is 32.0 Å². The molecule has 0 atom stereocenters. The Bertz CT molecular complexity index is 987. The van der Waals surface area contributed by atoms with E-state index in [4.69, 9.17) is 14.2 Å². The summed E-state index contributed by atoms with van der Waals surface area (Å²) >= 11 is 0. The fourth-order valence-electron chi connectivity index (χ4n) is 2.58. The van der Waals surface area contributed by atoms with Crippen LogP contribution in [0.2, 0.25) is 0 Å². The number of carbonyl (C=O) groups excluding carboxylic acids is 1. The highest BCUT2D eigenvalue weighted by Crippen LogP contribution is 2.40. The number of carbonyl (C=O) groups is 1. The zero-order chi connectivity index (χ0) is 20.8. The van der Waals surface area contributed by atoms with Crippen LogP contribution in [-0.2, 0) is 0 Å². The summed E-state index contributed by atoms with van der Waals surface area (Å²) in [6.45, 7) is 0. The number of hydrogen-bond donors (Lipinski definition) is 2. The van der Waals surface area contributed by atoms with Crippen molar-refractivity contribution < 1.29 is 23.4 Å². The van der Waals surface area contributed by atoms with Gasteiger partial charge in [0.2, 0.25) is 5.75 Å². The molecule has 0 spiro atoms. The summed E-state index contributed by atoms with van der Waals surface area (Å²) in [7, 11) is 4.57. The lowest BCUT2D eigenvalue weighted by Crippen LogP contribution is -2.13. The van der Waals surface area contributed by atoms with Crippen LogP contribution < -0.4 is 24.8 Å². The van der Waals surface area contributed by atoms with Gasteiger partial charge in [-0.25, -0.2) is 4.39 Å². The van der Waals surface area contributed by atoms with Crippen molar-refractivity contribution in [2.45, 2.75) is 0 Å². The Labute approximate surface area is 166 Å². The van der Waals surface area contributed by atoms with Crippen LogP contribution in [0.25, 0.3) is 0 Å². The first-order valence-electron chi connectivity index (χ1n) is 8.51. The van der Waals surface area contributed by atoms with Crippen LogP contribution in [0.15, 0.2) is 48.5 Å². The molecule has 0 fully saturated rings. The number of halogens is 1. The van der Waals surface area contributed by atoms with E-state index < -0.39 is 11.7 Å². The fourth-order valence-corrected chi connectivity index (χ4v) is 2.58. The normalized spacial score (nSPS) is 10.2. The van der Waals surface area contributed by atoms with Crippen LogP contribution >= 0.6 is 0 Å². The summed E-state index contributed by atoms with van der Waals surface area (Å²) in [4.78, 5) is 12.1. The van der Waals surface area contributed by atoms with E-state index in [1.807, 2.05) is 0 Å². The van der Waals surface area contributed by atoms with Gasteiger partial charge in [0.15, 0.2) is 23.1 Å². The third-order valence-electron chi connectivity index (χ3n) is 3.93. The van der Waals surface area contributed by atoms with Crippen LogP contribution in [0, 0.1) is 5.82 Å². The molecule has 3 rings (SSSR count). The highest BCUT2D eigenvalue weighted by Gasteiger charge is 2.14. The van der Waals surface area contributed by atoms with Crippen molar-refractivity contribution in [3.63, 3.8) is 0 Å². The summed E-state index contributed by atoms with van der Waals surface area (Å²) in [6, 6.07) is 12.0. The zero-order valence-corrected chi connectivity index (χ0v) is 16.0. The van der Waals surface area contributed by atoms with Crippen LogP contribution in [0.4, 0.5) is 21.7 Å². The summed E-state index contributed by atoms with van der Waals surface area (Å²) in [5, 5.41) is 13.6. The minimum Gasteiger partial charge on any atom is -0.493 e. The van der Waals surface area contributed by atoms with E-state index in [-0.39, 0.29) is 11.4 Å². The minimum atomic E-state index is -0.492. The van der Waals surface area contributed by atoms with Gasteiger partial charge in [-0.1, -0.05) is 6.07 Å². The summed E-state index contributed by atoms with van der Waals surface area (Å²) < 4.78 is 29.2. The lowest BCUT2D eigenvalue weighted by Gasteiger charge is -2.14. The Morgan fingerprint density at radius 3 is 2.10 bits per heavy atom. The number of ether oxygens (including phenoxy) is 3. The van der Waals surface area contributed by atoms with Gasteiger partial charge in [0.25, 0.3) is 5.91 Å². The van der Waals surface area contributed by atoms with E-state index in [1.54, 1.807) is 24.3 Å². The SMILES string of the molecule is COc1cc(Nc2ccc(NC(=O)c3cccc(F)c3)nn2)cc(OC)c1OC. The molecular weight excluding hydrogens is 379 g/mol. The Morgan fingerprint density at radius 2 is 1.55 bits per heavy atom. The molecule has 1 heterocycles. The number of benzene rings is 2. The second-order valence-electron chi connectivity index (χ2n) is 5.81. The van der Waals surface area contributed by atoms with Gasteiger partial charge < -0.3 is 24.8 Å². The largest absolute Gasteiger partial charge is 0.493 e.